The summed E-state index contributed by atoms with van der Waals surface area (Å²) in [6.45, 7) is 9.39. The summed E-state index contributed by atoms with van der Waals surface area (Å²) in [6, 6.07) is 6.24. The van der Waals surface area contributed by atoms with Crippen molar-refractivity contribution < 1.29 is 12.6 Å². The highest BCUT2D eigenvalue weighted by atomic mass is 32.2. The third-order valence-electron chi connectivity index (χ3n) is 3.69. The Morgan fingerprint density at radius 2 is 1.67 bits per heavy atom. The van der Waals surface area contributed by atoms with Gasteiger partial charge in [-0.05, 0) is 66.0 Å². The molecule has 0 heterocycles. The van der Waals surface area contributed by atoms with E-state index in [1.165, 1.54) is 0 Å². The van der Waals surface area contributed by atoms with Crippen LogP contribution in [0, 0.1) is 37.4 Å². The van der Waals surface area contributed by atoms with Crippen LogP contribution in [0.1, 0.15) is 33.3 Å². The summed E-state index contributed by atoms with van der Waals surface area (Å²) < 4.78 is 40.0. The van der Waals surface area contributed by atoms with Gasteiger partial charge in [-0.15, -0.1) is 0 Å². The molecule has 2 atom stereocenters. The first kappa shape index (κ1) is 19.6. The van der Waals surface area contributed by atoms with Crippen LogP contribution in [-0.2, 0) is 20.8 Å². The molecule has 5 radical (unpaired) electrons. The highest BCUT2D eigenvalue weighted by molar-refractivity contribution is 7.90. The van der Waals surface area contributed by atoms with Gasteiger partial charge in [-0.3, -0.25) is 4.21 Å². The van der Waals surface area contributed by atoms with Crippen molar-refractivity contribution in [3.05, 3.63) is 60.3 Å². The van der Waals surface area contributed by atoms with Gasteiger partial charge in [0.25, 0.3) is 0 Å². The molecule has 1 aromatic carbocycles. The lowest BCUT2D eigenvalue weighted by molar-refractivity contribution is 0.567. The standard InChI is InChI=1S/C18H24NO3S2/c1-13-9-11-15(12-10-13)24(21,22)19-14(2)16-7-6-8-17(16)23(20)18(3,4)5/h6-12,14,19H,1-5H3/t14-,23+/m0/s1. The van der Waals surface area contributed by atoms with E-state index in [9.17, 15) is 12.6 Å². The van der Waals surface area contributed by atoms with Gasteiger partial charge in [0.15, 0.2) is 0 Å². The molecule has 1 aromatic rings. The average molecular weight is 367 g/mol. The lowest BCUT2D eigenvalue weighted by atomic mass is 10.0. The van der Waals surface area contributed by atoms with Crippen molar-refractivity contribution in [1.29, 1.82) is 0 Å². The number of sulfonamides is 1. The van der Waals surface area contributed by atoms with Crippen molar-refractivity contribution in [2.24, 2.45) is 0 Å². The number of rotatable bonds is 5. The molecule has 2 rings (SSSR count). The van der Waals surface area contributed by atoms with E-state index in [4.69, 9.17) is 0 Å². The molecule has 1 aliphatic carbocycles. The molecule has 1 N–H and O–H groups in total. The lowest BCUT2D eigenvalue weighted by Crippen LogP contribution is -2.40. The number of hydrogen-bond donors (Lipinski definition) is 1. The first-order valence-corrected chi connectivity index (χ1v) is 10.4. The average Bonchev–Trinajstić information content (AvgIpc) is 2.94. The molecule has 1 aliphatic rings. The Hall–Kier alpha value is -0.720. The van der Waals surface area contributed by atoms with Crippen LogP contribution >= 0.6 is 0 Å². The minimum absolute atomic E-state index is 0.227. The van der Waals surface area contributed by atoms with E-state index < -0.39 is 31.6 Å². The fourth-order valence-electron chi connectivity index (χ4n) is 2.36. The van der Waals surface area contributed by atoms with Crippen molar-refractivity contribution in [3.63, 3.8) is 0 Å². The lowest BCUT2D eigenvalue weighted by Gasteiger charge is -2.29. The first-order chi connectivity index (χ1) is 11.0. The second-order valence-corrected chi connectivity index (χ2v) is 10.8. The molecular weight excluding hydrogens is 342 g/mol. The van der Waals surface area contributed by atoms with Gasteiger partial charge in [0.2, 0.25) is 10.0 Å². The first-order valence-electron chi connectivity index (χ1n) is 7.79. The van der Waals surface area contributed by atoms with E-state index >= 15 is 0 Å². The summed E-state index contributed by atoms with van der Waals surface area (Å²) in [4.78, 5) is 0.227. The van der Waals surface area contributed by atoms with Crippen molar-refractivity contribution in [3.8, 4) is 0 Å². The maximum absolute atomic E-state index is 12.7. The molecular formula is C18H24NO3S2. The molecule has 0 saturated heterocycles. The molecule has 131 valence electrons. The van der Waals surface area contributed by atoms with Gasteiger partial charge in [0.05, 0.1) is 10.1 Å². The van der Waals surface area contributed by atoms with E-state index in [0.29, 0.717) is 5.25 Å². The van der Waals surface area contributed by atoms with E-state index in [1.54, 1.807) is 37.6 Å². The monoisotopic (exact) mass is 366 g/mol. The van der Waals surface area contributed by atoms with Gasteiger partial charge in [-0.1, -0.05) is 17.7 Å². The SMILES string of the molecule is Cc1ccc(S(=O)(=O)N[C@@H](C)[C]2[CH][CH][CH][C]2[S@@](=O)C(C)(C)C)cc1. The third-order valence-corrected chi connectivity index (χ3v) is 7.13. The summed E-state index contributed by atoms with van der Waals surface area (Å²) in [7, 11) is -4.84. The molecule has 24 heavy (non-hydrogen) atoms. The summed E-state index contributed by atoms with van der Waals surface area (Å²) in [6.07, 6.45) is 5.43. The van der Waals surface area contributed by atoms with Gasteiger partial charge >= 0.3 is 0 Å². The van der Waals surface area contributed by atoms with Gasteiger partial charge in [-0.25, -0.2) is 13.1 Å². The predicted octanol–water partition coefficient (Wildman–Crippen LogP) is 2.94. The van der Waals surface area contributed by atoms with Crippen LogP contribution in [0.5, 0.6) is 0 Å². The van der Waals surface area contributed by atoms with Crippen LogP contribution in [0.2, 0.25) is 0 Å². The summed E-state index contributed by atoms with van der Waals surface area (Å²) in [5.41, 5.74) is 1.00. The van der Waals surface area contributed by atoms with Crippen LogP contribution in [0.15, 0.2) is 29.2 Å². The zero-order valence-corrected chi connectivity index (χ0v) is 16.3. The molecule has 0 spiro atoms. The van der Waals surface area contributed by atoms with Gasteiger partial charge < -0.3 is 0 Å². The van der Waals surface area contributed by atoms with Crippen LogP contribution < -0.4 is 4.72 Å². The number of benzene rings is 1. The fourth-order valence-corrected chi connectivity index (χ4v) is 4.90. The molecule has 4 nitrogen and oxygen atoms in total. The van der Waals surface area contributed by atoms with Crippen molar-refractivity contribution in [2.75, 3.05) is 0 Å². The van der Waals surface area contributed by atoms with E-state index in [1.807, 2.05) is 40.5 Å². The third kappa shape index (κ3) is 4.46. The Bertz CT molecular complexity index is 690. The second kappa shape index (κ2) is 7.26. The smallest absolute Gasteiger partial charge is 0.240 e. The summed E-state index contributed by atoms with van der Waals surface area (Å²) in [5.74, 6) is 0.749. The Kier molecular flexibility index (Phi) is 5.93. The molecule has 0 unspecified atom stereocenters. The minimum atomic E-state index is -3.63. The Balaban J connectivity index is 2.14. The number of aryl methyl sites for hydroxylation is 1. The van der Waals surface area contributed by atoms with Crippen molar-refractivity contribution in [2.45, 2.75) is 50.3 Å². The normalized spacial score (nSPS) is 20.2. The molecule has 0 aliphatic heterocycles. The summed E-state index contributed by atoms with van der Waals surface area (Å²) >= 11 is 0. The quantitative estimate of drug-likeness (QED) is 0.871. The zero-order valence-electron chi connectivity index (χ0n) is 14.7. The van der Waals surface area contributed by atoms with E-state index in [0.717, 1.165) is 11.5 Å². The predicted molar refractivity (Wildman–Crippen MR) is 98.2 cm³/mol. The second-order valence-electron chi connectivity index (χ2n) is 6.88. The Morgan fingerprint density at radius 1 is 1.08 bits per heavy atom. The molecule has 1 fully saturated rings. The van der Waals surface area contributed by atoms with Crippen molar-refractivity contribution >= 4 is 20.8 Å². The topological polar surface area (TPSA) is 63.2 Å². The van der Waals surface area contributed by atoms with Crippen molar-refractivity contribution in [1.82, 2.24) is 4.72 Å². The Morgan fingerprint density at radius 3 is 2.21 bits per heavy atom. The maximum atomic E-state index is 12.7. The molecule has 0 amide bonds. The van der Waals surface area contributed by atoms with Crippen LogP contribution in [0.3, 0.4) is 0 Å². The Labute approximate surface area is 148 Å². The van der Waals surface area contributed by atoms with Gasteiger partial charge in [0.1, 0.15) is 0 Å². The number of nitrogens with one attached hydrogen (secondary N) is 1. The fraction of sp³-hybridized carbons (Fsp3) is 0.389. The highest BCUT2D eigenvalue weighted by Gasteiger charge is 2.42. The minimum Gasteiger partial charge on any atom is -0.258 e. The van der Waals surface area contributed by atoms with Crippen LogP contribution in [0.4, 0.5) is 0 Å². The van der Waals surface area contributed by atoms with E-state index in [2.05, 4.69) is 4.72 Å². The summed E-state index contributed by atoms with van der Waals surface area (Å²) in [5, 5.41) is 0.682. The highest BCUT2D eigenvalue weighted by Crippen LogP contribution is 2.41. The molecule has 0 aromatic heterocycles. The molecule has 6 heteroatoms. The largest absolute Gasteiger partial charge is 0.258 e. The van der Waals surface area contributed by atoms with Gasteiger partial charge in [-0.2, -0.15) is 0 Å². The number of hydrogen-bond acceptors (Lipinski definition) is 3. The maximum Gasteiger partial charge on any atom is 0.240 e. The molecule has 1 saturated carbocycles. The van der Waals surface area contributed by atoms with Gasteiger partial charge in [0, 0.05) is 27.5 Å². The zero-order chi connectivity index (χ0) is 18.1. The van der Waals surface area contributed by atoms with Crippen LogP contribution in [-0.4, -0.2) is 23.4 Å². The van der Waals surface area contributed by atoms with Crippen LogP contribution in [0.25, 0.3) is 0 Å². The van der Waals surface area contributed by atoms with E-state index in [-0.39, 0.29) is 4.90 Å². The molecule has 0 bridgehead atoms.